The molecule has 4 heterocycles. The first-order chi connectivity index (χ1) is 11.7. The van der Waals surface area contributed by atoms with E-state index in [-0.39, 0.29) is 11.2 Å². The molecule has 0 aliphatic carbocycles. The Balaban J connectivity index is 1.60. The van der Waals surface area contributed by atoms with Crippen LogP contribution in [-0.2, 0) is 11.8 Å². The maximum atomic E-state index is 12.8. The van der Waals surface area contributed by atoms with Crippen molar-refractivity contribution < 1.29 is 4.79 Å². The predicted octanol–water partition coefficient (Wildman–Crippen LogP) is 2.19. The van der Waals surface area contributed by atoms with Crippen molar-refractivity contribution in [1.29, 1.82) is 5.26 Å². The van der Waals surface area contributed by atoms with Gasteiger partial charge in [-0.2, -0.15) is 5.26 Å². The van der Waals surface area contributed by atoms with Gasteiger partial charge in [0.05, 0.1) is 17.1 Å². The highest BCUT2D eigenvalue weighted by Gasteiger charge is 2.35. The molecule has 4 rings (SSSR count). The lowest BCUT2D eigenvalue weighted by atomic mass is 10.3. The summed E-state index contributed by atoms with van der Waals surface area (Å²) in [5, 5.41) is 12.2. The van der Waals surface area contributed by atoms with Gasteiger partial charge in [0.1, 0.15) is 27.9 Å². The first kappa shape index (κ1) is 15.1. The summed E-state index contributed by atoms with van der Waals surface area (Å²) < 4.78 is 1.83. The monoisotopic (exact) mass is 356 g/mol. The highest BCUT2D eigenvalue weighted by atomic mass is 32.2. The zero-order chi connectivity index (χ0) is 16.7. The second kappa shape index (κ2) is 5.89. The molecule has 1 atom stereocenters. The van der Waals surface area contributed by atoms with Gasteiger partial charge in [0.15, 0.2) is 5.65 Å². The van der Waals surface area contributed by atoms with E-state index < -0.39 is 0 Å². The molecule has 0 radical (unpaired) electrons. The normalized spacial score (nSPS) is 17.6. The first-order valence-electron chi connectivity index (χ1n) is 7.26. The number of fused-ring (bicyclic) bond motifs is 1. The third kappa shape index (κ3) is 2.35. The summed E-state index contributed by atoms with van der Waals surface area (Å²) in [6.45, 7) is 0.613. The van der Waals surface area contributed by atoms with Crippen LogP contribution in [0.3, 0.4) is 0 Å². The topological polar surface area (TPSA) is 87.7 Å². The number of anilines is 1. The van der Waals surface area contributed by atoms with Crippen LogP contribution in [0.1, 0.15) is 12.0 Å². The van der Waals surface area contributed by atoms with Crippen molar-refractivity contribution in [3.63, 3.8) is 0 Å². The Hall–Kier alpha value is -2.44. The molecular weight excluding hydrogens is 344 g/mol. The van der Waals surface area contributed by atoms with E-state index in [4.69, 9.17) is 5.26 Å². The maximum Gasteiger partial charge on any atom is 0.241 e. The lowest BCUT2D eigenvalue weighted by molar-refractivity contribution is -0.116. The number of thioether (sulfide) groups is 1. The highest BCUT2D eigenvalue weighted by molar-refractivity contribution is 8.00. The number of amides is 1. The smallest absolute Gasteiger partial charge is 0.241 e. The second-order valence-corrected chi connectivity index (χ2v) is 7.43. The van der Waals surface area contributed by atoms with Gasteiger partial charge in [0, 0.05) is 13.6 Å². The third-order valence-electron chi connectivity index (χ3n) is 3.88. The van der Waals surface area contributed by atoms with Crippen LogP contribution in [0.25, 0.3) is 11.2 Å². The number of hydrogen-bond acceptors (Lipinski definition) is 7. The molecule has 9 heteroatoms. The maximum absolute atomic E-state index is 12.8. The van der Waals surface area contributed by atoms with Gasteiger partial charge in [-0.15, -0.1) is 11.3 Å². The summed E-state index contributed by atoms with van der Waals surface area (Å²) in [5.74, 6) is 0.0154. The van der Waals surface area contributed by atoms with Gasteiger partial charge in [-0.25, -0.2) is 15.0 Å². The molecular formula is C15H12N6OS2. The molecule has 0 spiro atoms. The molecule has 0 N–H and O–H groups in total. The summed E-state index contributed by atoms with van der Waals surface area (Å²) in [4.78, 5) is 27.3. The van der Waals surface area contributed by atoms with Crippen LogP contribution in [0.15, 0.2) is 29.1 Å². The summed E-state index contributed by atoms with van der Waals surface area (Å²) >= 11 is 2.84. The van der Waals surface area contributed by atoms with Crippen molar-refractivity contribution in [2.24, 2.45) is 7.05 Å². The molecule has 1 aliphatic heterocycles. The fourth-order valence-corrected chi connectivity index (χ4v) is 4.67. The number of nitriles is 1. The number of aryl methyl sites for hydroxylation is 1. The van der Waals surface area contributed by atoms with Crippen LogP contribution in [0.2, 0.25) is 0 Å². The number of thiophene rings is 1. The number of carbonyl (C=O) groups excluding carboxylic acids is 1. The Morgan fingerprint density at radius 1 is 1.42 bits per heavy atom. The van der Waals surface area contributed by atoms with E-state index >= 15 is 0 Å². The number of rotatable bonds is 3. The standard InChI is InChI=1S/C15H12N6OS2/c1-20-8-19-11-12(20)17-7-18-13(11)24-10-2-4-21(14(10)22)15-9(6-16)3-5-23-15/h3,5,7-8,10H,2,4H2,1H3. The number of carbonyl (C=O) groups is 1. The van der Waals surface area contributed by atoms with E-state index in [0.29, 0.717) is 29.1 Å². The average Bonchev–Trinajstić information content (AvgIpc) is 3.29. The fraction of sp³-hybridized carbons (Fsp3) is 0.267. The van der Waals surface area contributed by atoms with Gasteiger partial charge in [-0.1, -0.05) is 11.8 Å². The van der Waals surface area contributed by atoms with Crippen molar-refractivity contribution in [1.82, 2.24) is 19.5 Å². The van der Waals surface area contributed by atoms with E-state index in [0.717, 1.165) is 10.6 Å². The minimum Gasteiger partial charge on any atom is -0.318 e. The molecule has 3 aromatic heterocycles. The minimum atomic E-state index is -0.223. The van der Waals surface area contributed by atoms with Gasteiger partial charge in [-0.3, -0.25) is 4.79 Å². The second-order valence-electron chi connectivity index (χ2n) is 5.34. The molecule has 1 unspecified atom stereocenters. The van der Waals surface area contributed by atoms with Crippen LogP contribution >= 0.6 is 23.1 Å². The van der Waals surface area contributed by atoms with E-state index in [1.807, 2.05) is 17.0 Å². The van der Waals surface area contributed by atoms with Gasteiger partial charge in [-0.05, 0) is 17.9 Å². The summed E-state index contributed by atoms with van der Waals surface area (Å²) in [5.41, 5.74) is 2.01. The molecule has 1 amide bonds. The number of aromatic nitrogens is 4. The van der Waals surface area contributed by atoms with Crippen molar-refractivity contribution >= 4 is 45.2 Å². The number of nitrogens with zero attached hydrogens (tertiary/aromatic N) is 6. The van der Waals surface area contributed by atoms with Crippen molar-refractivity contribution in [3.05, 3.63) is 29.7 Å². The zero-order valence-corrected chi connectivity index (χ0v) is 14.3. The number of imidazole rings is 1. The van der Waals surface area contributed by atoms with Crippen LogP contribution in [-0.4, -0.2) is 37.2 Å². The van der Waals surface area contributed by atoms with Crippen LogP contribution in [0.5, 0.6) is 0 Å². The lowest BCUT2D eigenvalue weighted by Crippen LogP contribution is -2.27. The largest absolute Gasteiger partial charge is 0.318 e. The molecule has 0 aromatic carbocycles. The van der Waals surface area contributed by atoms with Crippen LogP contribution in [0, 0.1) is 11.3 Å². The molecule has 1 saturated heterocycles. The van der Waals surface area contributed by atoms with Crippen LogP contribution in [0.4, 0.5) is 5.00 Å². The predicted molar refractivity (Wildman–Crippen MR) is 92.0 cm³/mol. The summed E-state index contributed by atoms with van der Waals surface area (Å²) in [6, 6.07) is 3.89. The van der Waals surface area contributed by atoms with E-state index in [9.17, 15) is 4.79 Å². The Morgan fingerprint density at radius 2 is 2.29 bits per heavy atom. The minimum absolute atomic E-state index is 0.0154. The van der Waals surface area contributed by atoms with Gasteiger partial charge in [0.25, 0.3) is 0 Å². The van der Waals surface area contributed by atoms with E-state index in [1.165, 1.54) is 29.4 Å². The summed E-state index contributed by atoms with van der Waals surface area (Å²) in [6.07, 6.45) is 3.90. The molecule has 120 valence electrons. The molecule has 0 saturated carbocycles. The molecule has 7 nitrogen and oxygen atoms in total. The van der Waals surface area contributed by atoms with Crippen molar-refractivity contribution in [2.45, 2.75) is 16.7 Å². The molecule has 24 heavy (non-hydrogen) atoms. The fourth-order valence-electron chi connectivity index (χ4n) is 2.71. The van der Waals surface area contributed by atoms with Crippen molar-refractivity contribution in [2.75, 3.05) is 11.4 Å². The average molecular weight is 356 g/mol. The SMILES string of the molecule is Cn1cnc2c(SC3CCN(c4sccc4C#N)C3=O)ncnc21. The quantitative estimate of drug-likeness (QED) is 0.669. The molecule has 1 fully saturated rings. The molecule has 3 aromatic rings. The molecule has 1 aliphatic rings. The van der Waals surface area contributed by atoms with E-state index in [2.05, 4.69) is 21.0 Å². The third-order valence-corrected chi connectivity index (χ3v) is 6.06. The van der Waals surface area contributed by atoms with Crippen LogP contribution < -0.4 is 4.90 Å². The zero-order valence-electron chi connectivity index (χ0n) is 12.7. The summed E-state index contributed by atoms with van der Waals surface area (Å²) in [7, 11) is 1.87. The highest BCUT2D eigenvalue weighted by Crippen LogP contribution is 2.37. The first-order valence-corrected chi connectivity index (χ1v) is 9.02. The van der Waals surface area contributed by atoms with E-state index in [1.54, 1.807) is 17.3 Å². The van der Waals surface area contributed by atoms with Crippen molar-refractivity contribution in [3.8, 4) is 6.07 Å². The Labute approximate surface area is 146 Å². The Kier molecular flexibility index (Phi) is 3.70. The van der Waals surface area contributed by atoms with Gasteiger partial charge in [0.2, 0.25) is 5.91 Å². The van der Waals surface area contributed by atoms with Gasteiger partial charge >= 0.3 is 0 Å². The lowest BCUT2D eigenvalue weighted by Gasteiger charge is -2.14. The Bertz CT molecular complexity index is 972. The Morgan fingerprint density at radius 3 is 3.12 bits per heavy atom. The number of hydrogen-bond donors (Lipinski definition) is 0. The van der Waals surface area contributed by atoms with Gasteiger partial charge < -0.3 is 9.47 Å². The molecule has 0 bridgehead atoms.